The summed E-state index contributed by atoms with van der Waals surface area (Å²) in [6.07, 6.45) is -8.30. The highest BCUT2D eigenvalue weighted by Gasteiger charge is 2.39. The summed E-state index contributed by atoms with van der Waals surface area (Å²) in [5.41, 5.74) is -2.09. The van der Waals surface area contributed by atoms with E-state index in [9.17, 15) is 26.3 Å². The number of hydrogen-bond donors (Lipinski definition) is 1. The van der Waals surface area contributed by atoms with E-state index in [1.807, 2.05) is 24.0 Å². The Balaban J connectivity index is 1.68. The zero-order valence-corrected chi connectivity index (χ0v) is 19.5. The number of halogens is 6. The molecule has 1 atom stereocenters. The van der Waals surface area contributed by atoms with Crippen LogP contribution >= 0.6 is 0 Å². The van der Waals surface area contributed by atoms with Gasteiger partial charge in [0.25, 0.3) is 0 Å². The van der Waals surface area contributed by atoms with Gasteiger partial charge in [-0.05, 0) is 42.8 Å². The maximum absolute atomic E-state index is 13.7. The summed E-state index contributed by atoms with van der Waals surface area (Å²) in [7, 11) is 1.55. The van der Waals surface area contributed by atoms with Gasteiger partial charge in [0.05, 0.1) is 40.5 Å². The zero-order chi connectivity index (χ0) is 26.5. The van der Waals surface area contributed by atoms with Gasteiger partial charge in [-0.2, -0.15) is 26.3 Å². The first-order valence-corrected chi connectivity index (χ1v) is 11.1. The topological polar surface area (TPSA) is 63.3 Å². The summed E-state index contributed by atoms with van der Waals surface area (Å²) in [6, 6.07) is 9.14. The lowest BCUT2D eigenvalue weighted by molar-refractivity contribution is -0.142. The van der Waals surface area contributed by atoms with Crippen LogP contribution in [0.2, 0.25) is 0 Å². The molecule has 6 nitrogen and oxygen atoms in total. The molecule has 0 saturated carbocycles. The largest absolute Gasteiger partial charge is 0.488 e. The van der Waals surface area contributed by atoms with Crippen LogP contribution in [0.5, 0.6) is 5.75 Å². The van der Waals surface area contributed by atoms with E-state index in [2.05, 4.69) is 15.0 Å². The number of benzene rings is 2. The lowest BCUT2D eigenvalue weighted by Crippen LogP contribution is -2.43. The van der Waals surface area contributed by atoms with E-state index in [1.54, 1.807) is 31.5 Å². The highest BCUT2D eigenvalue weighted by Crippen LogP contribution is 2.45. The number of nitrogens with zero attached hydrogens (tertiary/aromatic N) is 3. The molecule has 4 aromatic rings. The van der Waals surface area contributed by atoms with Gasteiger partial charge < -0.3 is 19.4 Å². The van der Waals surface area contributed by atoms with Crippen LogP contribution < -0.4 is 9.64 Å². The summed E-state index contributed by atoms with van der Waals surface area (Å²) in [5, 5.41) is 0. The number of anilines is 2. The van der Waals surface area contributed by atoms with E-state index in [4.69, 9.17) is 9.47 Å². The van der Waals surface area contributed by atoms with Crippen molar-refractivity contribution in [2.45, 2.75) is 25.3 Å². The van der Waals surface area contributed by atoms with Crippen molar-refractivity contribution < 1.29 is 35.8 Å². The standard InChI is InChI=1S/C25H20F6N4O2/c1-13-6-7-20(32-10-13)35-15(11-36-2)12-37-22-16(4-3-5-19(22)35)23-33-18-9-14(24(26,27)28)8-17(21(18)34-23)25(29,30)31/h3-10,15H,11-12H2,1-2H3,(H,33,34). The number of para-hydroxylation sites is 1. The zero-order valence-electron chi connectivity index (χ0n) is 19.5. The summed E-state index contributed by atoms with van der Waals surface area (Å²) in [5.74, 6) is 0.854. The minimum Gasteiger partial charge on any atom is -0.488 e. The Labute approximate surface area is 206 Å². The Morgan fingerprint density at radius 1 is 1.08 bits per heavy atom. The third-order valence-electron chi connectivity index (χ3n) is 6.02. The molecule has 1 N–H and O–H groups in total. The molecule has 2 aromatic heterocycles. The normalized spacial score (nSPS) is 16.1. The second-order valence-corrected chi connectivity index (χ2v) is 8.64. The van der Waals surface area contributed by atoms with E-state index in [-0.39, 0.29) is 30.1 Å². The third kappa shape index (κ3) is 4.57. The van der Waals surface area contributed by atoms with E-state index in [0.29, 0.717) is 35.5 Å². The number of fused-ring (bicyclic) bond motifs is 2. The van der Waals surface area contributed by atoms with Gasteiger partial charge in [-0.3, -0.25) is 0 Å². The monoisotopic (exact) mass is 522 g/mol. The fourth-order valence-corrected chi connectivity index (χ4v) is 4.36. The molecule has 0 fully saturated rings. The number of rotatable bonds is 4. The average molecular weight is 522 g/mol. The lowest BCUT2D eigenvalue weighted by atomic mass is 10.1. The minimum atomic E-state index is -5.04. The lowest BCUT2D eigenvalue weighted by Gasteiger charge is -2.38. The number of aryl methyl sites for hydroxylation is 1. The van der Waals surface area contributed by atoms with Gasteiger partial charge in [0, 0.05) is 13.3 Å². The number of alkyl halides is 6. The second kappa shape index (κ2) is 8.94. The summed E-state index contributed by atoms with van der Waals surface area (Å²) >= 11 is 0. The number of imidazole rings is 1. The molecule has 1 unspecified atom stereocenters. The van der Waals surface area contributed by atoms with Crippen molar-refractivity contribution in [3.05, 3.63) is 65.4 Å². The Bertz CT molecular complexity index is 1450. The molecule has 0 amide bonds. The van der Waals surface area contributed by atoms with E-state index in [1.165, 1.54) is 0 Å². The highest BCUT2D eigenvalue weighted by atomic mass is 19.4. The number of methoxy groups -OCH3 is 1. The van der Waals surface area contributed by atoms with Crippen LogP contribution in [0.4, 0.5) is 37.8 Å². The van der Waals surface area contributed by atoms with E-state index < -0.39 is 29.0 Å². The smallest absolute Gasteiger partial charge is 0.418 e. The number of hydrogen-bond acceptors (Lipinski definition) is 5. The van der Waals surface area contributed by atoms with Gasteiger partial charge in [0.1, 0.15) is 23.8 Å². The van der Waals surface area contributed by atoms with Gasteiger partial charge >= 0.3 is 12.4 Å². The SMILES string of the molecule is COCC1COc2c(-c3nc4c(C(F)(F)F)cc(C(F)(F)F)cc4[nH]3)cccc2N1c1ccc(C)cn1. The predicted octanol–water partition coefficient (Wildman–Crippen LogP) is 6.52. The van der Waals surface area contributed by atoms with Crippen molar-refractivity contribution in [3.63, 3.8) is 0 Å². The first kappa shape index (κ1) is 24.9. The molecule has 2 aromatic carbocycles. The van der Waals surface area contributed by atoms with Crippen molar-refractivity contribution >= 4 is 22.5 Å². The number of ether oxygens (including phenoxy) is 2. The Morgan fingerprint density at radius 3 is 2.51 bits per heavy atom. The molecule has 194 valence electrons. The number of nitrogens with one attached hydrogen (secondary N) is 1. The summed E-state index contributed by atoms with van der Waals surface area (Å²) in [4.78, 5) is 13.1. The number of H-pyrrole nitrogens is 1. The fraction of sp³-hybridized carbons (Fsp3) is 0.280. The van der Waals surface area contributed by atoms with Gasteiger partial charge in [0.2, 0.25) is 0 Å². The van der Waals surface area contributed by atoms with Crippen LogP contribution in [0, 0.1) is 6.92 Å². The van der Waals surface area contributed by atoms with Gasteiger partial charge in [-0.25, -0.2) is 9.97 Å². The van der Waals surface area contributed by atoms with Crippen molar-refractivity contribution in [2.75, 3.05) is 25.2 Å². The van der Waals surface area contributed by atoms with Crippen LogP contribution in [0.25, 0.3) is 22.4 Å². The number of pyridine rings is 1. The van der Waals surface area contributed by atoms with E-state index in [0.717, 1.165) is 5.56 Å². The van der Waals surface area contributed by atoms with Gasteiger partial charge in [0.15, 0.2) is 5.75 Å². The van der Waals surface area contributed by atoms with Crippen LogP contribution in [0.15, 0.2) is 48.7 Å². The Hall–Kier alpha value is -3.80. The molecule has 37 heavy (non-hydrogen) atoms. The molecule has 0 radical (unpaired) electrons. The first-order valence-electron chi connectivity index (χ1n) is 11.1. The minimum absolute atomic E-state index is 0.0568. The quantitative estimate of drug-likeness (QED) is 0.310. The average Bonchev–Trinajstić information content (AvgIpc) is 3.26. The van der Waals surface area contributed by atoms with Crippen LogP contribution in [-0.2, 0) is 17.1 Å². The van der Waals surface area contributed by atoms with Crippen molar-refractivity contribution in [1.82, 2.24) is 15.0 Å². The molecule has 1 aliphatic heterocycles. The van der Waals surface area contributed by atoms with Crippen LogP contribution in [0.1, 0.15) is 16.7 Å². The maximum Gasteiger partial charge on any atom is 0.418 e. The molecular weight excluding hydrogens is 502 g/mol. The van der Waals surface area contributed by atoms with Gasteiger partial charge in [-0.15, -0.1) is 0 Å². The van der Waals surface area contributed by atoms with Crippen molar-refractivity contribution in [3.8, 4) is 17.1 Å². The predicted molar refractivity (Wildman–Crippen MR) is 124 cm³/mol. The molecule has 5 rings (SSSR count). The maximum atomic E-state index is 13.7. The fourth-order valence-electron chi connectivity index (χ4n) is 4.36. The second-order valence-electron chi connectivity index (χ2n) is 8.64. The van der Waals surface area contributed by atoms with Crippen molar-refractivity contribution in [2.24, 2.45) is 0 Å². The summed E-state index contributed by atoms with van der Waals surface area (Å²) in [6.45, 7) is 2.37. The molecule has 0 spiro atoms. The molecule has 3 heterocycles. The Morgan fingerprint density at radius 2 is 1.86 bits per heavy atom. The van der Waals surface area contributed by atoms with Gasteiger partial charge in [-0.1, -0.05) is 12.1 Å². The van der Waals surface area contributed by atoms with Crippen molar-refractivity contribution in [1.29, 1.82) is 0 Å². The first-order chi connectivity index (χ1) is 17.5. The molecule has 12 heteroatoms. The van der Waals surface area contributed by atoms with E-state index >= 15 is 0 Å². The summed E-state index contributed by atoms with van der Waals surface area (Å²) < 4.78 is 92.4. The number of aromatic nitrogens is 3. The Kier molecular flexibility index (Phi) is 6.01. The molecule has 0 aliphatic carbocycles. The van der Waals surface area contributed by atoms with Crippen LogP contribution in [0.3, 0.4) is 0 Å². The molecule has 1 aliphatic rings. The number of aromatic amines is 1. The molecular formula is C25H20F6N4O2. The molecule has 0 saturated heterocycles. The third-order valence-corrected chi connectivity index (χ3v) is 6.02. The van der Waals surface area contributed by atoms with Crippen LogP contribution in [-0.4, -0.2) is 41.3 Å². The molecule has 0 bridgehead atoms. The highest BCUT2D eigenvalue weighted by molar-refractivity contribution is 5.87.